The first kappa shape index (κ1) is 12.8. The first-order valence-electron chi connectivity index (χ1n) is 5.50. The summed E-state index contributed by atoms with van der Waals surface area (Å²) in [6.45, 7) is 1.42. The van der Waals surface area contributed by atoms with E-state index in [9.17, 15) is 9.59 Å². The average Bonchev–Trinajstić information content (AvgIpc) is 3.05. The topological polar surface area (TPSA) is 110 Å². The van der Waals surface area contributed by atoms with Gasteiger partial charge in [0, 0.05) is 0 Å². The third kappa shape index (κ3) is 3.19. The number of aliphatic carboxylic acids is 1. The highest BCUT2D eigenvalue weighted by molar-refractivity contribution is 7.99. The SMILES string of the molecule is CC(NC(=O)CSc1nnnn1C1CC1)C(=O)O. The Morgan fingerprint density at radius 3 is 2.94 bits per heavy atom. The normalized spacial score (nSPS) is 16.3. The largest absolute Gasteiger partial charge is 0.480 e. The van der Waals surface area contributed by atoms with E-state index in [1.165, 1.54) is 18.7 Å². The second-order valence-electron chi connectivity index (χ2n) is 4.05. The van der Waals surface area contributed by atoms with Crippen molar-refractivity contribution in [2.75, 3.05) is 5.75 Å². The molecule has 1 heterocycles. The van der Waals surface area contributed by atoms with Gasteiger partial charge in [0.1, 0.15) is 6.04 Å². The molecule has 0 aromatic carbocycles. The molecule has 1 atom stereocenters. The quantitative estimate of drug-likeness (QED) is 0.683. The first-order chi connectivity index (χ1) is 8.58. The fourth-order valence-electron chi connectivity index (χ4n) is 1.30. The van der Waals surface area contributed by atoms with E-state index in [1.54, 1.807) is 4.68 Å². The number of thioether (sulfide) groups is 1. The summed E-state index contributed by atoms with van der Waals surface area (Å²) in [6, 6.07) is -0.541. The molecule has 18 heavy (non-hydrogen) atoms. The van der Waals surface area contributed by atoms with Crippen LogP contribution in [-0.4, -0.2) is 49.0 Å². The van der Waals surface area contributed by atoms with Crippen molar-refractivity contribution in [3.8, 4) is 0 Å². The molecule has 1 aromatic rings. The zero-order chi connectivity index (χ0) is 13.1. The summed E-state index contributed by atoms with van der Waals surface area (Å²) in [4.78, 5) is 22.0. The van der Waals surface area contributed by atoms with Gasteiger partial charge in [-0.15, -0.1) is 5.10 Å². The fraction of sp³-hybridized carbons (Fsp3) is 0.667. The maximum absolute atomic E-state index is 11.5. The van der Waals surface area contributed by atoms with Crippen LogP contribution in [0.25, 0.3) is 0 Å². The van der Waals surface area contributed by atoms with Gasteiger partial charge in [0.05, 0.1) is 11.8 Å². The third-order valence-electron chi connectivity index (χ3n) is 2.44. The molecule has 2 rings (SSSR count). The second-order valence-corrected chi connectivity index (χ2v) is 5.00. The lowest BCUT2D eigenvalue weighted by Crippen LogP contribution is -2.39. The highest BCUT2D eigenvalue weighted by atomic mass is 32.2. The van der Waals surface area contributed by atoms with Crippen LogP contribution in [0.15, 0.2) is 5.16 Å². The lowest BCUT2D eigenvalue weighted by molar-refractivity contribution is -0.140. The molecule has 8 nitrogen and oxygen atoms in total. The average molecular weight is 271 g/mol. The monoisotopic (exact) mass is 271 g/mol. The molecule has 98 valence electrons. The van der Waals surface area contributed by atoms with Crippen LogP contribution in [0.4, 0.5) is 0 Å². The molecule has 1 saturated carbocycles. The molecule has 1 aliphatic rings. The van der Waals surface area contributed by atoms with E-state index in [4.69, 9.17) is 5.11 Å². The molecule has 1 aromatic heterocycles. The summed E-state index contributed by atoms with van der Waals surface area (Å²) >= 11 is 1.21. The van der Waals surface area contributed by atoms with Gasteiger partial charge in [0.25, 0.3) is 0 Å². The zero-order valence-corrected chi connectivity index (χ0v) is 10.6. The minimum atomic E-state index is -1.06. The van der Waals surface area contributed by atoms with E-state index in [-0.39, 0.29) is 11.7 Å². The lowest BCUT2D eigenvalue weighted by Gasteiger charge is -2.08. The Morgan fingerprint density at radius 2 is 2.33 bits per heavy atom. The molecule has 9 heteroatoms. The van der Waals surface area contributed by atoms with Gasteiger partial charge >= 0.3 is 5.97 Å². The standard InChI is InChI=1S/C9H13N5O3S/c1-5(8(16)17)10-7(15)4-18-9-11-12-13-14(9)6-2-3-6/h5-6H,2-4H2,1H3,(H,10,15)(H,16,17). The van der Waals surface area contributed by atoms with Gasteiger partial charge in [-0.25, -0.2) is 4.68 Å². The third-order valence-corrected chi connectivity index (χ3v) is 3.37. The van der Waals surface area contributed by atoms with E-state index in [2.05, 4.69) is 20.8 Å². The zero-order valence-electron chi connectivity index (χ0n) is 9.74. The van der Waals surface area contributed by atoms with Crippen molar-refractivity contribution in [3.63, 3.8) is 0 Å². The number of carboxylic acid groups (broad SMARTS) is 1. The van der Waals surface area contributed by atoms with Gasteiger partial charge in [-0.3, -0.25) is 9.59 Å². The molecule has 2 N–H and O–H groups in total. The van der Waals surface area contributed by atoms with E-state index in [0.29, 0.717) is 11.2 Å². The van der Waals surface area contributed by atoms with E-state index in [0.717, 1.165) is 12.8 Å². The number of hydrogen-bond donors (Lipinski definition) is 2. The van der Waals surface area contributed by atoms with E-state index in [1.807, 2.05) is 0 Å². The predicted octanol–water partition coefficient (Wildman–Crippen LogP) is -0.311. The van der Waals surface area contributed by atoms with Crippen molar-refractivity contribution in [2.24, 2.45) is 0 Å². The smallest absolute Gasteiger partial charge is 0.325 e. The number of nitrogens with zero attached hydrogens (tertiary/aromatic N) is 4. The van der Waals surface area contributed by atoms with E-state index < -0.39 is 12.0 Å². The fourth-order valence-corrected chi connectivity index (χ4v) is 2.06. The summed E-state index contributed by atoms with van der Waals surface area (Å²) < 4.78 is 1.71. The highest BCUT2D eigenvalue weighted by Crippen LogP contribution is 2.36. The Labute approximate surface area is 107 Å². The molecule has 1 amide bonds. The Balaban J connectivity index is 1.82. The van der Waals surface area contributed by atoms with Crippen LogP contribution < -0.4 is 5.32 Å². The maximum Gasteiger partial charge on any atom is 0.325 e. The number of tetrazole rings is 1. The molecular formula is C9H13N5O3S. The number of aromatic nitrogens is 4. The molecule has 1 fully saturated rings. The number of amides is 1. The van der Waals surface area contributed by atoms with Gasteiger partial charge < -0.3 is 10.4 Å². The van der Waals surface area contributed by atoms with Crippen LogP contribution in [0.5, 0.6) is 0 Å². The Hall–Kier alpha value is -1.64. The summed E-state index contributed by atoms with van der Waals surface area (Å²) in [5, 5.41) is 22.9. The molecular weight excluding hydrogens is 258 g/mol. The van der Waals surface area contributed by atoms with Crippen LogP contribution in [0, 0.1) is 0 Å². The number of carboxylic acids is 1. The van der Waals surface area contributed by atoms with Crippen molar-refractivity contribution >= 4 is 23.6 Å². The van der Waals surface area contributed by atoms with Gasteiger partial charge in [-0.1, -0.05) is 11.8 Å². The Kier molecular flexibility index (Phi) is 3.80. The first-order valence-corrected chi connectivity index (χ1v) is 6.49. The minimum absolute atomic E-state index is 0.102. The van der Waals surface area contributed by atoms with Crippen LogP contribution in [-0.2, 0) is 9.59 Å². The van der Waals surface area contributed by atoms with Crippen LogP contribution in [0.2, 0.25) is 0 Å². The number of nitrogens with one attached hydrogen (secondary N) is 1. The van der Waals surface area contributed by atoms with Crippen molar-refractivity contribution in [3.05, 3.63) is 0 Å². The molecule has 1 unspecified atom stereocenters. The van der Waals surface area contributed by atoms with Crippen LogP contribution in [0.3, 0.4) is 0 Å². The number of hydrogen-bond acceptors (Lipinski definition) is 6. The van der Waals surface area contributed by atoms with Crippen LogP contribution in [0.1, 0.15) is 25.8 Å². The lowest BCUT2D eigenvalue weighted by atomic mass is 10.3. The Bertz CT molecular complexity index is 459. The number of rotatable bonds is 6. The second kappa shape index (κ2) is 5.34. The highest BCUT2D eigenvalue weighted by Gasteiger charge is 2.28. The molecule has 0 spiro atoms. The molecule has 0 aliphatic heterocycles. The maximum atomic E-state index is 11.5. The molecule has 0 bridgehead atoms. The van der Waals surface area contributed by atoms with Crippen molar-refractivity contribution in [1.82, 2.24) is 25.5 Å². The number of carbonyl (C=O) groups excluding carboxylic acids is 1. The summed E-state index contributed by atoms with van der Waals surface area (Å²) in [5.41, 5.74) is 0. The van der Waals surface area contributed by atoms with E-state index >= 15 is 0 Å². The summed E-state index contributed by atoms with van der Waals surface area (Å²) in [5.74, 6) is -1.30. The van der Waals surface area contributed by atoms with Gasteiger partial charge in [-0.05, 0) is 30.2 Å². The molecule has 1 aliphatic carbocycles. The van der Waals surface area contributed by atoms with Gasteiger partial charge in [0.2, 0.25) is 11.1 Å². The molecule has 0 saturated heterocycles. The van der Waals surface area contributed by atoms with Crippen molar-refractivity contribution in [1.29, 1.82) is 0 Å². The summed E-state index contributed by atoms with van der Waals surface area (Å²) in [6.07, 6.45) is 2.11. The predicted molar refractivity (Wildman–Crippen MR) is 62.1 cm³/mol. The van der Waals surface area contributed by atoms with Crippen molar-refractivity contribution in [2.45, 2.75) is 37.0 Å². The Morgan fingerprint density at radius 1 is 1.61 bits per heavy atom. The van der Waals surface area contributed by atoms with Gasteiger partial charge in [-0.2, -0.15) is 0 Å². The van der Waals surface area contributed by atoms with Crippen molar-refractivity contribution < 1.29 is 14.7 Å². The van der Waals surface area contributed by atoms with Gasteiger partial charge in [0.15, 0.2) is 0 Å². The molecule has 0 radical (unpaired) electrons. The summed E-state index contributed by atoms with van der Waals surface area (Å²) in [7, 11) is 0. The van der Waals surface area contributed by atoms with Crippen LogP contribution >= 0.6 is 11.8 Å². The number of carbonyl (C=O) groups is 2. The minimum Gasteiger partial charge on any atom is -0.480 e.